The molecule has 0 bridgehead atoms. The summed E-state index contributed by atoms with van der Waals surface area (Å²) in [6.07, 6.45) is 1.15. The highest BCUT2D eigenvalue weighted by atomic mass is 16.5. The van der Waals surface area contributed by atoms with Gasteiger partial charge in [-0.05, 0) is 6.92 Å². The van der Waals surface area contributed by atoms with Gasteiger partial charge in [0.15, 0.2) is 0 Å². The highest BCUT2D eigenvalue weighted by Gasteiger charge is 2.10. The van der Waals surface area contributed by atoms with Gasteiger partial charge in [-0.1, -0.05) is 0 Å². The first-order chi connectivity index (χ1) is 10.8. The summed E-state index contributed by atoms with van der Waals surface area (Å²) in [6, 6.07) is 0. The molecule has 3 N–H and O–H groups in total. The molecule has 0 unspecified atom stereocenters. The van der Waals surface area contributed by atoms with Crippen molar-refractivity contribution in [1.82, 2.24) is 26.0 Å². The van der Waals surface area contributed by atoms with Crippen molar-refractivity contribution >= 4 is 12.4 Å². The maximum atomic E-state index is 11.4. The molecule has 8 nitrogen and oxygen atoms in total. The molecule has 1 aliphatic rings. The van der Waals surface area contributed by atoms with Crippen LogP contribution in [0.25, 0.3) is 0 Å². The quantitative estimate of drug-likeness (QED) is 0.402. The second-order valence-electron chi connectivity index (χ2n) is 5.13. The number of hydrazine groups is 1. The van der Waals surface area contributed by atoms with Crippen molar-refractivity contribution in [3.05, 3.63) is 0 Å². The number of esters is 1. The Morgan fingerprint density at radius 1 is 1.14 bits per heavy atom. The molecule has 0 radical (unpaired) electrons. The first-order valence-electron chi connectivity index (χ1n) is 8.00. The molecule has 0 aromatic rings. The molecular formula is C14H29N5O3. The topological polar surface area (TPSA) is 85.9 Å². The predicted molar refractivity (Wildman–Crippen MR) is 84.2 cm³/mol. The lowest BCUT2D eigenvalue weighted by Crippen LogP contribution is -2.47. The Morgan fingerprint density at radius 2 is 1.73 bits per heavy atom. The maximum Gasteiger partial charge on any atom is 0.307 e. The van der Waals surface area contributed by atoms with Gasteiger partial charge in [0, 0.05) is 58.9 Å². The van der Waals surface area contributed by atoms with Gasteiger partial charge in [0.1, 0.15) is 0 Å². The van der Waals surface area contributed by atoms with Crippen LogP contribution in [0.2, 0.25) is 0 Å². The highest BCUT2D eigenvalue weighted by Crippen LogP contribution is 1.94. The second kappa shape index (κ2) is 12.3. The van der Waals surface area contributed by atoms with Gasteiger partial charge in [0.2, 0.25) is 6.41 Å². The Bertz CT molecular complexity index is 303. The smallest absolute Gasteiger partial charge is 0.307 e. The van der Waals surface area contributed by atoms with E-state index >= 15 is 0 Å². The van der Waals surface area contributed by atoms with Gasteiger partial charge in [-0.15, -0.1) is 0 Å². The fraction of sp³-hybridized carbons (Fsp3) is 0.857. The number of rotatable bonds is 6. The van der Waals surface area contributed by atoms with Crippen LogP contribution in [0.1, 0.15) is 13.3 Å². The fourth-order valence-corrected chi connectivity index (χ4v) is 2.29. The summed E-state index contributed by atoms with van der Waals surface area (Å²) < 4.78 is 4.97. The van der Waals surface area contributed by atoms with Gasteiger partial charge in [0.25, 0.3) is 0 Å². The lowest BCUT2D eigenvalue weighted by atomic mass is 10.3. The molecule has 1 aliphatic heterocycles. The third-order valence-electron chi connectivity index (χ3n) is 3.50. The first-order valence-corrected chi connectivity index (χ1v) is 8.00. The fourth-order valence-electron chi connectivity index (χ4n) is 2.29. The summed E-state index contributed by atoms with van der Waals surface area (Å²) in [7, 11) is 0. The Labute approximate surface area is 132 Å². The van der Waals surface area contributed by atoms with Crippen LogP contribution < -0.4 is 16.1 Å². The Morgan fingerprint density at radius 3 is 2.27 bits per heavy atom. The van der Waals surface area contributed by atoms with E-state index in [0.717, 1.165) is 58.9 Å². The summed E-state index contributed by atoms with van der Waals surface area (Å²) in [5.41, 5.74) is 2.70. The van der Waals surface area contributed by atoms with Gasteiger partial charge in [-0.25, -0.2) is 5.01 Å². The zero-order valence-electron chi connectivity index (χ0n) is 13.5. The number of hydrogen-bond acceptors (Lipinski definition) is 7. The van der Waals surface area contributed by atoms with E-state index in [-0.39, 0.29) is 5.97 Å². The van der Waals surface area contributed by atoms with E-state index in [1.54, 1.807) is 0 Å². The molecule has 0 atom stereocenters. The summed E-state index contributed by atoms with van der Waals surface area (Å²) in [5.74, 6) is -0.134. The lowest BCUT2D eigenvalue weighted by molar-refractivity contribution is -0.143. The predicted octanol–water partition coefficient (Wildman–Crippen LogP) is -1.60. The number of nitrogens with zero attached hydrogens (tertiary/aromatic N) is 2. The summed E-state index contributed by atoms with van der Waals surface area (Å²) >= 11 is 0. The minimum atomic E-state index is -0.134. The number of amides is 1. The summed E-state index contributed by atoms with van der Waals surface area (Å²) in [4.78, 5) is 24.2. The lowest BCUT2D eigenvalue weighted by Gasteiger charge is -2.25. The molecule has 8 heteroatoms. The molecule has 0 aliphatic carbocycles. The van der Waals surface area contributed by atoms with Crippen molar-refractivity contribution in [1.29, 1.82) is 0 Å². The van der Waals surface area contributed by atoms with E-state index in [1.807, 2.05) is 11.9 Å². The zero-order valence-corrected chi connectivity index (χ0v) is 13.5. The number of hydrogen-bond donors (Lipinski definition) is 3. The molecule has 0 spiro atoms. The monoisotopic (exact) mass is 315 g/mol. The molecule has 128 valence electrons. The number of ether oxygens (including phenoxy) is 1. The van der Waals surface area contributed by atoms with Gasteiger partial charge >= 0.3 is 5.97 Å². The number of nitrogens with one attached hydrogen (secondary N) is 3. The SMILES string of the molecule is CCOC(=O)CCN1CCNCCN(NC=O)CCNCC1. The van der Waals surface area contributed by atoms with Crippen LogP contribution in [0.4, 0.5) is 0 Å². The van der Waals surface area contributed by atoms with Crippen LogP contribution in [-0.4, -0.2) is 87.8 Å². The van der Waals surface area contributed by atoms with E-state index in [2.05, 4.69) is 21.0 Å². The molecule has 1 saturated heterocycles. The van der Waals surface area contributed by atoms with Crippen LogP contribution in [0, 0.1) is 0 Å². The van der Waals surface area contributed by atoms with E-state index in [1.165, 1.54) is 0 Å². The third kappa shape index (κ3) is 8.93. The van der Waals surface area contributed by atoms with Crippen molar-refractivity contribution in [2.75, 3.05) is 65.5 Å². The number of carbonyl (C=O) groups is 2. The highest BCUT2D eigenvalue weighted by molar-refractivity contribution is 5.69. The molecule has 22 heavy (non-hydrogen) atoms. The summed E-state index contributed by atoms with van der Waals surface area (Å²) in [6.45, 7) is 9.64. The third-order valence-corrected chi connectivity index (χ3v) is 3.50. The van der Waals surface area contributed by atoms with Crippen LogP contribution in [-0.2, 0) is 14.3 Å². The largest absolute Gasteiger partial charge is 0.466 e. The minimum Gasteiger partial charge on any atom is -0.466 e. The van der Waals surface area contributed by atoms with Crippen molar-refractivity contribution < 1.29 is 14.3 Å². The van der Waals surface area contributed by atoms with Crippen LogP contribution in [0.15, 0.2) is 0 Å². The summed E-state index contributed by atoms with van der Waals surface area (Å²) in [5, 5.41) is 8.61. The molecule has 0 aromatic heterocycles. The van der Waals surface area contributed by atoms with Gasteiger partial charge in [-0.2, -0.15) is 0 Å². The molecular weight excluding hydrogens is 286 g/mol. The van der Waals surface area contributed by atoms with Gasteiger partial charge in [-0.3, -0.25) is 15.0 Å². The van der Waals surface area contributed by atoms with Gasteiger partial charge in [0.05, 0.1) is 13.0 Å². The average molecular weight is 315 g/mol. The van der Waals surface area contributed by atoms with E-state index in [9.17, 15) is 9.59 Å². The van der Waals surface area contributed by atoms with E-state index in [4.69, 9.17) is 4.74 Å². The number of carbonyl (C=O) groups excluding carboxylic acids is 2. The zero-order chi connectivity index (χ0) is 16.0. The van der Waals surface area contributed by atoms with Crippen LogP contribution >= 0.6 is 0 Å². The van der Waals surface area contributed by atoms with Crippen LogP contribution in [0.5, 0.6) is 0 Å². The Hall–Kier alpha value is -1.22. The molecule has 0 saturated carbocycles. The van der Waals surface area contributed by atoms with Crippen molar-refractivity contribution in [2.45, 2.75) is 13.3 Å². The first kappa shape index (κ1) is 18.8. The van der Waals surface area contributed by atoms with E-state index < -0.39 is 0 Å². The molecule has 1 amide bonds. The van der Waals surface area contributed by atoms with Crippen molar-refractivity contribution in [2.24, 2.45) is 0 Å². The molecule has 1 rings (SSSR count). The Balaban J connectivity index is 2.31. The minimum absolute atomic E-state index is 0.134. The molecule has 1 heterocycles. The van der Waals surface area contributed by atoms with Gasteiger partial charge < -0.3 is 20.3 Å². The van der Waals surface area contributed by atoms with Crippen molar-refractivity contribution in [3.8, 4) is 0 Å². The normalized spacial score (nSPS) is 19.7. The standard InChI is InChI=1S/C14H29N5O3/c1-2-22-14(21)3-8-18-9-4-15-6-11-19(17-13-20)12-7-16-5-10-18/h13,15-16H,2-12H2,1H3,(H,17,20). The average Bonchev–Trinajstić information content (AvgIpc) is 2.49. The molecule has 0 aromatic carbocycles. The second-order valence-corrected chi connectivity index (χ2v) is 5.13. The maximum absolute atomic E-state index is 11.4. The van der Waals surface area contributed by atoms with Crippen LogP contribution in [0.3, 0.4) is 0 Å². The molecule has 1 fully saturated rings. The van der Waals surface area contributed by atoms with Crippen molar-refractivity contribution in [3.63, 3.8) is 0 Å². The van der Waals surface area contributed by atoms with E-state index in [0.29, 0.717) is 19.4 Å². The Kier molecular flexibility index (Phi) is 10.6.